The lowest BCUT2D eigenvalue weighted by atomic mass is 10.1. The number of aliphatic hydroxyl groups excluding tert-OH is 1. The number of rotatable bonds is 3. The number of pyridine rings is 1. The topological polar surface area (TPSA) is 79.1 Å². The Labute approximate surface area is 146 Å². The quantitative estimate of drug-likeness (QED) is 0.852. The minimum atomic E-state index is -0.555. The van der Waals surface area contributed by atoms with E-state index in [0.29, 0.717) is 18.9 Å². The summed E-state index contributed by atoms with van der Waals surface area (Å²) in [6.07, 6.45) is 2.86. The van der Waals surface area contributed by atoms with Gasteiger partial charge in [0.2, 0.25) is 0 Å². The van der Waals surface area contributed by atoms with E-state index in [9.17, 15) is 9.90 Å². The number of nitrogens with zero attached hydrogens (tertiary/aromatic N) is 3. The molecule has 7 heteroatoms. The highest BCUT2D eigenvalue weighted by atomic mass is 16.5. The zero-order valence-corrected chi connectivity index (χ0v) is 14.4. The fourth-order valence-corrected chi connectivity index (χ4v) is 3.93. The molecule has 1 aliphatic heterocycles. The van der Waals surface area contributed by atoms with Gasteiger partial charge in [0.1, 0.15) is 11.3 Å². The number of imidazole rings is 1. The Morgan fingerprint density at radius 2 is 2.12 bits per heavy atom. The maximum absolute atomic E-state index is 12.6. The second-order valence-corrected chi connectivity index (χ2v) is 6.89. The lowest BCUT2D eigenvalue weighted by Crippen LogP contribution is -2.51. The van der Waals surface area contributed by atoms with E-state index < -0.39 is 6.10 Å². The molecule has 3 heterocycles. The van der Waals surface area contributed by atoms with Crippen LogP contribution in [0.2, 0.25) is 0 Å². The zero-order chi connectivity index (χ0) is 17.4. The van der Waals surface area contributed by atoms with Gasteiger partial charge in [-0.05, 0) is 31.9 Å². The van der Waals surface area contributed by atoms with Gasteiger partial charge in [0.05, 0.1) is 25.4 Å². The van der Waals surface area contributed by atoms with Gasteiger partial charge in [0.15, 0.2) is 0 Å². The molecule has 0 aromatic carbocycles. The van der Waals surface area contributed by atoms with E-state index in [1.54, 1.807) is 6.20 Å². The van der Waals surface area contributed by atoms with Crippen LogP contribution >= 0.6 is 0 Å². The van der Waals surface area contributed by atoms with Crippen LogP contribution in [-0.2, 0) is 4.74 Å². The van der Waals surface area contributed by atoms with Crippen molar-refractivity contribution in [1.29, 1.82) is 0 Å². The predicted octanol–water partition coefficient (Wildman–Crippen LogP) is 0.597. The van der Waals surface area contributed by atoms with Crippen molar-refractivity contribution in [3.8, 4) is 0 Å². The van der Waals surface area contributed by atoms with E-state index in [4.69, 9.17) is 4.74 Å². The van der Waals surface area contributed by atoms with Gasteiger partial charge in [-0.15, -0.1) is 0 Å². The molecule has 1 amide bonds. The summed E-state index contributed by atoms with van der Waals surface area (Å²) in [7, 11) is 0. The molecule has 2 fully saturated rings. The van der Waals surface area contributed by atoms with Crippen molar-refractivity contribution >= 4 is 11.6 Å². The first-order valence-electron chi connectivity index (χ1n) is 8.89. The monoisotopic (exact) mass is 344 g/mol. The number of aryl methyl sites for hydroxylation is 1. The van der Waals surface area contributed by atoms with E-state index in [1.807, 2.05) is 29.5 Å². The van der Waals surface area contributed by atoms with Crippen LogP contribution in [0.15, 0.2) is 24.4 Å². The minimum absolute atomic E-state index is 0.0949. The highest BCUT2D eigenvalue weighted by Gasteiger charge is 2.39. The van der Waals surface area contributed by atoms with Gasteiger partial charge in [-0.25, -0.2) is 4.98 Å². The van der Waals surface area contributed by atoms with Crippen LogP contribution in [0.3, 0.4) is 0 Å². The fraction of sp³-hybridized carbons (Fsp3) is 0.556. The fourth-order valence-electron chi connectivity index (χ4n) is 3.93. The number of fused-ring (bicyclic) bond motifs is 1. The standard InChI is InChI=1S/C18H24N4O3/c1-12-3-2-4-16-19-14(11-22(12)16)18(24)20-13-5-6-15(17(13)23)21-7-9-25-10-8-21/h2-4,11,13,15,17,23H,5-10H2,1H3,(H,20,24)/t13-,15-,17-/m1/s1. The van der Waals surface area contributed by atoms with Crippen LogP contribution in [0.1, 0.15) is 29.0 Å². The normalized spacial score (nSPS) is 27.7. The molecule has 134 valence electrons. The van der Waals surface area contributed by atoms with Crippen molar-refractivity contribution < 1.29 is 14.6 Å². The van der Waals surface area contributed by atoms with Gasteiger partial charge >= 0.3 is 0 Å². The summed E-state index contributed by atoms with van der Waals surface area (Å²) in [5, 5.41) is 13.6. The molecule has 0 radical (unpaired) electrons. The molecule has 2 aromatic heterocycles. The average molecular weight is 344 g/mol. The second kappa shape index (κ2) is 6.74. The molecule has 1 saturated heterocycles. The van der Waals surface area contributed by atoms with Gasteiger partial charge in [0.25, 0.3) is 5.91 Å². The number of carbonyl (C=O) groups excluding carboxylic acids is 1. The Morgan fingerprint density at radius 1 is 1.32 bits per heavy atom. The summed E-state index contributed by atoms with van der Waals surface area (Å²) in [6, 6.07) is 5.64. The molecular formula is C18H24N4O3. The number of amides is 1. The number of hydrogen-bond donors (Lipinski definition) is 2. The first-order chi connectivity index (χ1) is 12.1. The molecule has 0 unspecified atom stereocenters. The van der Waals surface area contributed by atoms with Crippen molar-refractivity contribution in [2.24, 2.45) is 0 Å². The summed E-state index contributed by atoms with van der Waals surface area (Å²) < 4.78 is 7.28. The van der Waals surface area contributed by atoms with E-state index in [2.05, 4.69) is 15.2 Å². The van der Waals surface area contributed by atoms with Crippen molar-refractivity contribution in [2.75, 3.05) is 26.3 Å². The summed E-state index contributed by atoms with van der Waals surface area (Å²) in [6.45, 7) is 5.08. The van der Waals surface area contributed by atoms with Crippen LogP contribution in [0.4, 0.5) is 0 Å². The van der Waals surface area contributed by atoms with Gasteiger partial charge in [-0.1, -0.05) is 6.07 Å². The molecule has 25 heavy (non-hydrogen) atoms. The number of nitrogens with one attached hydrogen (secondary N) is 1. The Morgan fingerprint density at radius 3 is 2.88 bits per heavy atom. The van der Waals surface area contributed by atoms with Crippen LogP contribution in [-0.4, -0.2) is 69.8 Å². The number of hydrogen-bond acceptors (Lipinski definition) is 5. The zero-order valence-electron chi connectivity index (χ0n) is 14.4. The van der Waals surface area contributed by atoms with E-state index in [-0.39, 0.29) is 18.0 Å². The highest BCUT2D eigenvalue weighted by Crippen LogP contribution is 2.26. The van der Waals surface area contributed by atoms with Crippen molar-refractivity contribution in [3.63, 3.8) is 0 Å². The number of carbonyl (C=O) groups is 1. The molecule has 1 aliphatic carbocycles. The summed E-state index contributed by atoms with van der Waals surface area (Å²) in [5.74, 6) is -0.227. The second-order valence-electron chi connectivity index (χ2n) is 6.89. The Hall–Kier alpha value is -1.96. The molecule has 3 atom stereocenters. The first-order valence-corrected chi connectivity index (χ1v) is 8.89. The smallest absolute Gasteiger partial charge is 0.271 e. The summed E-state index contributed by atoms with van der Waals surface area (Å²) in [4.78, 5) is 19.2. The Balaban J connectivity index is 1.44. The van der Waals surface area contributed by atoms with Crippen LogP contribution in [0.5, 0.6) is 0 Å². The third-order valence-electron chi connectivity index (χ3n) is 5.34. The maximum Gasteiger partial charge on any atom is 0.271 e. The van der Waals surface area contributed by atoms with E-state index in [1.165, 1.54) is 0 Å². The SMILES string of the molecule is Cc1cccc2nc(C(=O)N[C@@H]3CC[C@@H](N4CCOCC4)[C@@H]3O)cn12. The van der Waals surface area contributed by atoms with Crippen LogP contribution in [0.25, 0.3) is 5.65 Å². The van der Waals surface area contributed by atoms with Gasteiger partial charge < -0.3 is 19.6 Å². The molecule has 0 spiro atoms. The van der Waals surface area contributed by atoms with Crippen molar-refractivity contribution in [2.45, 2.75) is 38.0 Å². The number of aromatic nitrogens is 2. The number of aliphatic hydroxyl groups is 1. The molecule has 4 rings (SSSR count). The summed E-state index contributed by atoms with van der Waals surface area (Å²) >= 11 is 0. The van der Waals surface area contributed by atoms with Crippen LogP contribution < -0.4 is 5.32 Å². The minimum Gasteiger partial charge on any atom is -0.389 e. The lowest BCUT2D eigenvalue weighted by molar-refractivity contribution is -0.0154. The number of ether oxygens (including phenoxy) is 1. The average Bonchev–Trinajstić information content (AvgIpc) is 3.21. The number of morpholine rings is 1. The van der Waals surface area contributed by atoms with Gasteiger partial charge in [0, 0.05) is 31.0 Å². The molecule has 1 saturated carbocycles. The molecule has 2 aliphatic rings. The van der Waals surface area contributed by atoms with E-state index >= 15 is 0 Å². The van der Waals surface area contributed by atoms with Gasteiger partial charge in [-0.2, -0.15) is 0 Å². The van der Waals surface area contributed by atoms with Crippen molar-refractivity contribution in [1.82, 2.24) is 19.6 Å². The molecule has 2 aromatic rings. The third kappa shape index (κ3) is 3.15. The summed E-state index contributed by atoms with van der Waals surface area (Å²) in [5.41, 5.74) is 2.16. The highest BCUT2D eigenvalue weighted by molar-refractivity contribution is 5.93. The lowest BCUT2D eigenvalue weighted by Gasteiger charge is -2.34. The molecule has 7 nitrogen and oxygen atoms in total. The van der Waals surface area contributed by atoms with E-state index in [0.717, 1.165) is 37.3 Å². The third-order valence-corrected chi connectivity index (χ3v) is 5.34. The van der Waals surface area contributed by atoms with Crippen molar-refractivity contribution in [3.05, 3.63) is 35.8 Å². The molecular weight excluding hydrogens is 320 g/mol. The molecule has 2 N–H and O–H groups in total. The maximum atomic E-state index is 12.6. The Kier molecular flexibility index (Phi) is 4.45. The van der Waals surface area contributed by atoms with Gasteiger partial charge in [-0.3, -0.25) is 9.69 Å². The Bertz CT molecular complexity index is 769. The first kappa shape index (κ1) is 16.5. The largest absolute Gasteiger partial charge is 0.389 e. The predicted molar refractivity (Wildman–Crippen MR) is 92.6 cm³/mol. The molecule has 0 bridgehead atoms. The van der Waals surface area contributed by atoms with Crippen LogP contribution in [0, 0.1) is 6.92 Å².